The number of benzene rings is 1. The Labute approximate surface area is 116 Å². The lowest BCUT2D eigenvalue weighted by Crippen LogP contribution is -1.96. The minimum Gasteiger partial charge on any atom is -0.493 e. The van der Waals surface area contributed by atoms with Gasteiger partial charge in [-0.3, -0.25) is 0 Å². The van der Waals surface area contributed by atoms with Crippen molar-refractivity contribution in [2.45, 2.75) is 11.8 Å². The Morgan fingerprint density at radius 3 is 2.56 bits per heavy atom. The average molecular weight is 283 g/mol. The fourth-order valence-corrected chi connectivity index (χ4v) is 2.89. The van der Waals surface area contributed by atoms with Crippen molar-refractivity contribution in [1.29, 1.82) is 0 Å². The molecule has 0 bridgehead atoms. The molecule has 0 saturated carbocycles. The Morgan fingerprint density at radius 2 is 1.94 bits per heavy atom. The Kier molecular flexibility index (Phi) is 4.50. The second-order valence-corrected chi connectivity index (χ2v) is 5.22. The Bertz CT molecular complexity index is 497. The maximum absolute atomic E-state index is 6.39. The number of hydrogen-bond donors (Lipinski definition) is 0. The Morgan fingerprint density at radius 1 is 1.17 bits per heavy atom. The third-order valence-electron chi connectivity index (χ3n) is 2.77. The SMILES string of the molecule is COc1ccc(CC(Cl)c2ccsc2)cc1OC. The fraction of sp³-hybridized carbons (Fsp3) is 0.286. The molecular formula is C14H15ClO2S. The molecule has 0 radical (unpaired) electrons. The first-order valence-corrected chi connectivity index (χ1v) is 6.99. The fourth-order valence-electron chi connectivity index (χ4n) is 1.79. The van der Waals surface area contributed by atoms with Crippen molar-refractivity contribution < 1.29 is 9.47 Å². The molecule has 0 fully saturated rings. The summed E-state index contributed by atoms with van der Waals surface area (Å²) >= 11 is 8.05. The van der Waals surface area contributed by atoms with Gasteiger partial charge >= 0.3 is 0 Å². The molecule has 0 spiro atoms. The van der Waals surface area contributed by atoms with E-state index in [4.69, 9.17) is 21.1 Å². The highest BCUT2D eigenvalue weighted by molar-refractivity contribution is 7.08. The average Bonchev–Trinajstić information content (AvgIpc) is 2.92. The van der Waals surface area contributed by atoms with E-state index in [1.54, 1.807) is 25.6 Å². The molecule has 1 atom stereocenters. The van der Waals surface area contributed by atoms with Gasteiger partial charge < -0.3 is 9.47 Å². The van der Waals surface area contributed by atoms with Gasteiger partial charge in [0, 0.05) is 0 Å². The van der Waals surface area contributed by atoms with E-state index in [0.29, 0.717) is 0 Å². The van der Waals surface area contributed by atoms with Crippen molar-refractivity contribution in [3.8, 4) is 11.5 Å². The van der Waals surface area contributed by atoms with Gasteiger partial charge in [-0.05, 0) is 46.5 Å². The molecule has 1 unspecified atom stereocenters. The molecule has 0 aliphatic heterocycles. The van der Waals surface area contributed by atoms with Gasteiger partial charge in [0.05, 0.1) is 19.6 Å². The summed E-state index contributed by atoms with van der Waals surface area (Å²) in [6, 6.07) is 7.96. The number of hydrogen-bond acceptors (Lipinski definition) is 3. The second-order valence-electron chi connectivity index (χ2n) is 3.92. The molecular weight excluding hydrogens is 268 g/mol. The summed E-state index contributed by atoms with van der Waals surface area (Å²) in [7, 11) is 3.27. The standard InChI is InChI=1S/C14H15ClO2S/c1-16-13-4-3-10(8-14(13)17-2)7-12(15)11-5-6-18-9-11/h3-6,8-9,12H,7H2,1-2H3. The molecule has 96 valence electrons. The zero-order chi connectivity index (χ0) is 13.0. The summed E-state index contributed by atoms with van der Waals surface area (Å²) < 4.78 is 10.5. The maximum Gasteiger partial charge on any atom is 0.160 e. The lowest BCUT2D eigenvalue weighted by atomic mass is 10.1. The van der Waals surface area contributed by atoms with Crippen LogP contribution in [-0.2, 0) is 6.42 Å². The molecule has 0 amide bonds. The van der Waals surface area contributed by atoms with Crippen LogP contribution in [0.4, 0.5) is 0 Å². The topological polar surface area (TPSA) is 18.5 Å². The smallest absolute Gasteiger partial charge is 0.160 e. The first kappa shape index (κ1) is 13.2. The summed E-state index contributed by atoms with van der Waals surface area (Å²) in [4.78, 5) is 0. The van der Waals surface area contributed by atoms with Gasteiger partial charge in [-0.1, -0.05) is 6.07 Å². The third-order valence-corrected chi connectivity index (χ3v) is 3.88. The Balaban J connectivity index is 2.14. The van der Waals surface area contributed by atoms with Crippen LogP contribution in [0.1, 0.15) is 16.5 Å². The largest absolute Gasteiger partial charge is 0.493 e. The van der Waals surface area contributed by atoms with Crippen molar-refractivity contribution >= 4 is 22.9 Å². The normalized spacial score (nSPS) is 12.2. The van der Waals surface area contributed by atoms with Gasteiger partial charge in [0.2, 0.25) is 0 Å². The molecule has 1 aromatic carbocycles. The molecule has 2 nitrogen and oxygen atoms in total. The number of methoxy groups -OCH3 is 2. The molecule has 0 saturated heterocycles. The van der Waals surface area contributed by atoms with E-state index >= 15 is 0 Å². The van der Waals surface area contributed by atoms with Gasteiger partial charge in [-0.2, -0.15) is 11.3 Å². The molecule has 1 aromatic heterocycles. The second kappa shape index (κ2) is 6.12. The van der Waals surface area contributed by atoms with E-state index in [1.165, 1.54) is 0 Å². The van der Waals surface area contributed by atoms with Crippen LogP contribution in [0.3, 0.4) is 0 Å². The predicted octanol–water partition coefficient (Wildman–Crippen LogP) is 4.29. The maximum atomic E-state index is 6.39. The zero-order valence-corrected chi connectivity index (χ0v) is 11.9. The van der Waals surface area contributed by atoms with Crippen LogP contribution in [0.2, 0.25) is 0 Å². The first-order chi connectivity index (χ1) is 8.74. The van der Waals surface area contributed by atoms with Gasteiger partial charge in [-0.25, -0.2) is 0 Å². The van der Waals surface area contributed by atoms with Crippen LogP contribution >= 0.6 is 22.9 Å². The minimum absolute atomic E-state index is 0.00523. The zero-order valence-electron chi connectivity index (χ0n) is 10.4. The van der Waals surface area contributed by atoms with Crippen LogP contribution in [-0.4, -0.2) is 14.2 Å². The quantitative estimate of drug-likeness (QED) is 0.762. The van der Waals surface area contributed by atoms with Gasteiger partial charge in [-0.15, -0.1) is 11.6 Å². The highest BCUT2D eigenvalue weighted by Gasteiger charge is 2.11. The number of thiophene rings is 1. The van der Waals surface area contributed by atoms with E-state index in [0.717, 1.165) is 29.0 Å². The van der Waals surface area contributed by atoms with Crippen molar-refractivity contribution in [2.24, 2.45) is 0 Å². The first-order valence-electron chi connectivity index (χ1n) is 5.61. The molecule has 2 aromatic rings. The predicted molar refractivity (Wildman–Crippen MR) is 76.2 cm³/mol. The van der Waals surface area contributed by atoms with Crippen LogP contribution in [0, 0.1) is 0 Å². The van der Waals surface area contributed by atoms with E-state index in [1.807, 2.05) is 23.6 Å². The highest BCUT2D eigenvalue weighted by atomic mass is 35.5. The van der Waals surface area contributed by atoms with Crippen molar-refractivity contribution in [1.82, 2.24) is 0 Å². The summed E-state index contributed by atoms with van der Waals surface area (Å²) in [5.41, 5.74) is 2.30. The third kappa shape index (κ3) is 2.98. The lowest BCUT2D eigenvalue weighted by Gasteiger charge is -2.11. The van der Waals surface area contributed by atoms with E-state index in [2.05, 4.69) is 11.4 Å². The number of alkyl halides is 1. The number of ether oxygens (including phenoxy) is 2. The molecule has 2 rings (SSSR count). The van der Waals surface area contributed by atoms with E-state index < -0.39 is 0 Å². The van der Waals surface area contributed by atoms with Crippen LogP contribution in [0.15, 0.2) is 35.0 Å². The summed E-state index contributed by atoms with van der Waals surface area (Å²) in [5.74, 6) is 1.48. The summed E-state index contributed by atoms with van der Waals surface area (Å²) in [6.07, 6.45) is 0.776. The molecule has 4 heteroatoms. The van der Waals surface area contributed by atoms with Gasteiger partial charge in [0.25, 0.3) is 0 Å². The van der Waals surface area contributed by atoms with Crippen LogP contribution in [0.25, 0.3) is 0 Å². The van der Waals surface area contributed by atoms with Crippen LogP contribution < -0.4 is 9.47 Å². The van der Waals surface area contributed by atoms with Crippen LogP contribution in [0.5, 0.6) is 11.5 Å². The van der Waals surface area contributed by atoms with Gasteiger partial charge in [0.15, 0.2) is 11.5 Å². The van der Waals surface area contributed by atoms with Crippen molar-refractivity contribution in [3.63, 3.8) is 0 Å². The van der Waals surface area contributed by atoms with E-state index in [9.17, 15) is 0 Å². The lowest BCUT2D eigenvalue weighted by molar-refractivity contribution is 0.354. The van der Waals surface area contributed by atoms with E-state index in [-0.39, 0.29) is 5.38 Å². The monoisotopic (exact) mass is 282 g/mol. The minimum atomic E-state index is -0.00523. The molecule has 1 heterocycles. The number of halogens is 1. The van der Waals surface area contributed by atoms with Crippen molar-refractivity contribution in [2.75, 3.05) is 14.2 Å². The summed E-state index contributed by atoms with van der Waals surface area (Å²) in [6.45, 7) is 0. The summed E-state index contributed by atoms with van der Waals surface area (Å²) in [5, 5.41) is 4.12. The highest BCUT2D eigenvalue weighted by Crippen LogP contribution is 2.32. The molecule has 0 aliphatic rings. The van der Waals surface area contributed by atoms with Crippen molar-refractivity contribution in [3.05, 3.63) is 46.2 Å². The molecule has 0 N–H and O–H groups in total. The molecule has 18 heavy (non-hydrogen) atoms. The molecule has 0 aliphatic carbocycles. The number of rotatable bonds is 5. The van der Waals surface area contributed by atoms with Gasteiger partial charge in [0.1, 0.15) is 0 Å². The Hall–Kier alpha value is -1.19.